The van der Waals surface area contributed by atoms with Crippen molar-refractivity contribution in [3.63, 3.8) is 0 Å². The van der Waals surface area contributed by atoms with E-state index in [0.29, 0.717) is 28.7 Å². The number of aromatic hydroxyl groups is 1. The van der Waals surface area contributed by atoms with Crippen molar-refractivity contribution in [2.45, 2.75) is 6.42 Å². The lowest BCUT2D eigenvalue weighted by atomic mass is 10.1. The number of amides is 2. The highest BCUT2D eigenvalue weighted by Gasteiger charge is 2.05. The van der Waals surface area contributed by atoms with Crippen LogP contribution in [0, 0.1) is 0 Å². The molecule has 0 fully saturated rings. The molecule has 2 aromatic rings. The van der Waals surface area contributed by atoms with E-state index >= 15 is 0 Å². The molecule has 2 rings (SSSR count). The van der Waals surface area contributed by atoms with Gasteiger partial charge >= 0.3 is 6.03 Å². The van der Waals surface area contributed by atoms with Crippen molar-refractivity contribution >= 4 is 34.9 Å². The molecule has 21 heavy (non-hydrogen) atoms. The highest BCUT2D eigenvalue weighted by molar-refractivity contribution is 6.36. The van der Waals surface area contributed by atoms with Gasteiger partial charge in [-0.3, -0.25) is 0 Å². The van der Waals surface area contributed by atoms with E-state index in [2.05, 4.69) is 10.6 Å². The van der Waals surface area contributed by atoms with Crippen molar-refractivity contribution in [1.29, 1.82) is 0 Å². The van der Waals surface area contributed by atoms with E-state index < -0.39 is 0 Å². The third kappa shape index (κ3) is 4.85. The molecule has 0 bridgehead atoms. The maximum atomic E-state index is 11.7. The largest absolute Gasteiger partial charge is 0.508 e. The van der Waals surface area contributed by atoms with Crippen molar-refractivity contribution in [3.8, 4) is 5.75 Å². The number of urea groups is 1. The third-order valence-electron chi connectivity index (χ3n) is 2.81. The van der Waals surface area contributed by atoms with Crippen LogP contribution in [0.5, 0.6) is 5.75 Å². The Balaban J connectivity index is 1.81. The lowest BCUT2D eigenvalue weighted by molar-refractivity contribution is 0.252. The van der Waals surface area contributed by atoms with Crippen LogP contribution < -0.4 is 10.6 Å². The van der Waals surface area contributed by atoms with Crippen LogP contribution >= 0.6 is 23.2 Å². The fourth-order valence-corrected chi connectivity index (χ4v) is 2.20. The standard InChI is InChI=1S/C15H14Cl2N2O2/c16-11-3-6-14(13(17)9-11)19-15(21)18-8-7-10-1-4-12(20)5-2-10/h1-6,9,20H,7-8H2,(H2,18,19,21). The summed E-state index contributed by atoms with van der Waals surface area (Å²) < 4.78 is 0. The Morgan fingerprint density at radius 2 is 1.81 bits per heavy atom. The van der Waals surface area contributed by atoms with Gasteiger partial charge in [0.05, 0.1) is 10.7 Å². The minimum atomic E-state index is -0.335. The Bertz CT molecular complexity index is 630. The van der Waals surface area contributed by atoms with Gasteiger partial charge < -0.3 is 15.7 Å². The van der Waals surface area contributed by atoms with Gasteiger partial charge in [0.15, 0.2) is 0 Å². The maximum Gasteiger partial charge on any atom is 0.319 e. The van der Waals surface area contributed by atoms with E-state index in [4.69, 9.17) is 23.2 Å². The van der Waals surface area contributed by atoms with E-state index in [0.717, 1.165) is 5.56 Å². The third-order valence-corrected chi connectivity index (χ3v) is 3.36. The number of phenols is 1. The fourth-order valence-electron chi connectivity index (χ4n) is 1.74. The summed E-state index contributed by atoms with van der Waals surface area (Å²) in [6.07, 6.45) is 0.669. The molecule has 0 heterocycles. The normalized spacial score (nSPS) is 10.2. The van der Waals surface area contributed by atoms with Gasteiger partial charge in [0.2, 0.25) is 0 Å². The van der Waals surface area contributed by atoms with Gasteiger partial charge in [0.1, 0.15) is 5.75 Å². The average Bonchev–Trinajstić information content (AvgIpc) is 2.44. The molecule has 0 unspecified atom stereocenters. The van der Waals surface area contributed by atoms with Gasteiger partial charge in [0.25, 0.3) is 0 Å². The summed E-state index contributed by atoms with van der Waals surface area (Å²) in [5, 5.41) is 15.5. The SMILES string of the molecule is O=C(NCCc1ccc(O)cc1)Nc1ccc(Cl)cc1Cl. The Morgan fingerprint density at radius 3 is 2.48 bits per heavy atom. The summed E-state index contributed by atoms with van der Waals surface area (Å²) in [6.45, 7) is 0.474. The van der Waals surface area contributed by atoms with Crippen LogP contribution in [0.25, 0.3) is 0 Å². The molecule has 0 aliphatic heterocycles. The second kappa shape index (κ2) is 7.20. The number of rotatable bonds is 4. The molecule has 110 valence electrons. The van der Waals surface area contributed by atoms with Crippen LogP contribution in [0.1, 0.15) is 5.56 Å². The van der Waals surface area contributed by atoms with Crippen LogP contribution in [0.15, 0.2) is 42.5 Å². The number of anilines is 1. The lowest BCUT2D eigenvalue weighted by Crippen LogP contribution is -2.30. The second-order valence-electron chi connectivity index (χ2n) is 4.42. The number of halogens is 2. The van der Waals surface area contributed by atoms with Crippen molar-refractivity contribution in [2.75, 3.05) is 11.9 Å². The van der Waals surface area contributed by atoms with Gasteiger partial charge in [0, 0.05) is 11.6 Å². The van der Waals surface area contributed by atoms with E-state index in [1.54, 1.807) is 30.3 Å². The number of hydrogen-bond acceptors (Lipinski definition) is 2. The predicted molar refractivity (Wildman–Crippen MR) is 85.3 cm³/mol. The molecule has 4 nitrogen and oxygen atoms in total. The van der Waals surface area contributed by atoms with E-state index in [1.807, 2.05) is 12.1 Å². The smallest absolute Gasteiger partial charge is 0.319 e. The van der Waals surface area contributed by atoms with Crippen molar-refractivity contribution in [3.05, 3.63) is 58.1 Å². The number of phenolic OH excluding ortho intramolecular Hbond substituents is 1. The number of benzene rings is 2. The van der Waals surface area contributed by atoms with Crippen molar-refractivity contribution in [1.82, 2.24) is 5.32 Å². The zero-order chi connectivity index (χ0) is 15.2. The minimum Gasteiger partial charge on any atom is -0.508 e. The first-order valence-corrected chi connectivity index (χ1v) is 7.08. The van der Waals surface area contributed by atoms with Crippen molar-refractivity contribution < 1.29 is 9.90 Å². The Kier molecular flexibility index (Phi) is 5.31. The van der Waals surface area contributed by atoms with Crippen LogP contribution in [-0.2, 0) is 6.42 Å². The first-order chi connectivity index (χ1) is 10.0. The van der Waals surface area contributed by atoms with Crippen LogP contribution in [0.3, 0.4) is 0 Å². The number of carbonyl (C=O) groups is 1. The van der Waals surface area contributed by atoms with Crippen molar-refractivity contribution in [2.24, 2.45) is 0 Å². The van der Waals surface area contributed by atoms with Gasteiger partial charge in [-0.15, -0.1) is 0 Å². The summed E-state index contributed by atoms with van der Waals surface area (Å²) in [6, 6.07) is 11.4. The quantitative estimate of drug-likeness (QED) is 0.794. The highest BCUT2D eigenvalue weighted by atomic mass is 35.5. The molecule has 0 saturated heterocycles. The lowest BCUT2D eigenvalue weighted by Gasteiger charge is -2.09. The molecule has 0 aromatic heterocycles. The van der Waals surface area contributed by atoms with E-state index in [-0.39, 0.29) is 11.8 Å². The second-order valence-corrected chi connectivity index (χ2v) is 5.27. The number of hydrogen-bond donors (Lipinski definition) is 3. The van der Waals surface area contributed by atoms with Gasteiger partial charge in [-0.2, -0.15) is 0 Å². The molecule has 0 aliphatic rings. The predicted octanol–water partition coefficient (Wildman–Crippen LogP) is 4.06. The Morgan fingerprint density at radius 1 is 1.10 bits per heavy atom. The van der Waals surface area contributed by atoms with Crippen LogP contribution in [0.2, 0.25) is 10.0 Å². The maximum absolute atomic E-state index is 11.7. The summed E-state index contributed by atoms with van der Waals surface area (Å²) in [5.74, 6) is 0.224. The summed E-state index contributed by atoms with van der Waals surface area (Å²) in [4.78, 5) is 11.7. The molecule has 0 radical (unpaired) electrons. The molecule has 2 aromatic carbocycles. The minimum absolute atomic E-state index is 0.224. The van der Waals surface area contributed by atoms with Crippen LogP contribution in [0.4, 0.5) is 10.5 Å². The summed E-state index contributed by atoms with van der Waals surface area (Å²) >= 11 is 11.8. The number of carbonyl (C=O) groups excluding carboxylic acids is 1. The Hall–Kier alpha value is -1.91. The Labute approximate surface area is 132 Å². The molecule has 0 saturated carbocycles. The molecule has 3 N–H and O–H groups in total. The van der Waals surface area contributed by atoms with E-state index in [1.165, 1.54) is 0 Å². The van der Waals surface area contributed by atoms with Crippen LogP contribution in [-0.4, -0.2) is 17.7 Å². The number of nitrogens with one attached hydrogen (secondary N) is 2. The fraction of sp³-hybridized carbons (Fsp3) is 0.133. The summed E-state index contributed by atoms with van der Waals surface area (Å²) in [5.41, 5.74) is 1.53. The molecule has 0 aliphatic carbocycles. The average molecular weight is 325 g/mol. The van der Waals surface area contributed by atoms with Gasteiger partial charge in [-0.05, 0) is 42.3 Å². The molecular formula is C15H14Cl2N2O2. The highest BCUT2D eigenvalue weighted by Crippen LogP contribution is 2.25. The van der Waals surface area contributed by atoms with E-state index in [9.17, 15) is 9.90 Å². The molecule has 6 heteroatoms. The summed E-state index contributed by atoms with van der Waals surface area (Å²) in [7, 11) is 0. The van der Waals surface area contributed by atoms with Gasteiger partial charge in [-0.1, -0.05) is 35.3 Å². The first-order valence-electron chi connectivity index (χ1n) is 6.32. The topological polar surface area (TPSA) is 61.4 Å². The monoisotopic (exact) mass is 324 g/mol. The molecular weight excluding hydrogens is 311 g/mol. The molecule has 0 spiro atoms. The molecule has 2 amide bonds. The zero-order valence-corrected chi connectivity index (χ0v) is 12.6. The van der Waals surface area contributed by atoms with Gasteiger partial charge in [-0.25, -0.2) is 4.79 Å². The first kappa shape index (κ1) is 15.5. The zero-order valence-electron chi connectivity index (χ0n) is 11.1. The molecule has 0 atom stereocenters.